The molecule has 2 aromatic carbocycles. The molecule has 3 rings (SSSR count). The van der Waals surface area contributed by atoms with Crippen LogP contribution in [0, 0.1) is 12.3 Å². The molecule has 0 saturated heterocycles. The highest BCUT2D eigenvalue weighted by Crippen LogP contribution is 2.44. The van der Waals surface area contributed by atoms with Gasteiger partial charge in [-0.05, 0) is 28.7 Å². The summed E-state index contributed by atoms with van der Waals surface area (Å²) in [4.78, 5) is 36.3. The second kappa shape index (κ2) is 11.9. The number of hydrogen-bond acceptors (Lipinski definition) is 4. The third kappa shape index (κ3) is 6.16. The van der Waals surface area contributed by atoms with Crippen molar-refractivity contribution in [1.29, 1.82) is 0 Å². The van der Waals surface area contributed by atoms with Crippen LogP contribution >= 0.6 is 0 Å². The van der Waals surface area contributed by atoms with Crippen LogP contribution in [0.5, 0.6) is 0 Å². The molecule has 0 radical (unpaired) electrons. The van der Waals surface area contributed by atoms with E-state index in [1.807, 2.05) is 43.3 Å². The maximum absolute atomic E-state index is 12.6. The van der Waals surface area contributed by atoms with Gasteiger partial charge in [0.15, 0.2) is 0 Å². The van der Waals surface area contributed by atoms with Gasteiger partial charge in [-0.15, -0.1) is 12.3 Å². The molecule has 1 aliphatic rings. The molecule has 34 heavy (non-hydrogen) atoms. The normalized spacial score (nSPS) is 13.6. The number of hydrogen-bond donors (Lipinski definition) is 3. The Kier molecular flexibility index (Phi) is 8.69. The van der Waals surface area contributed by atoms with E-state index in [-0.39, 0.29) is 25.4 Å². The predicted octanol–water partition coefficient (Wildman–Crippen LogP) is 4.07. The van der Waals surface area contributed by atoms with Gasteiger partial charge >= 0.3 is 12.1 Å². The van der Waals surface area contributed by atoms with E-state index in [1.165, 1.54) is 0 Å². The number of alkyl carbamates (subject to hydrolysis) is 1. The van der Waals surface area contributed by atoms with Crippen molar-refractivity contribution in [2.45, 2.75) is 57.0 Å². The molecule has 0 bridgehead atoms. The van der Waals surface area contributed by atoms with Gasteiger partial charge in [0.1, 0.15) is 12.6 Å². The van der Waals surface area contributed by atoms with Gasteiger partial charge in [0.25, 0.3) is 0 Å². The van der Waals surface area contributed by atoms with Crippen LogP contribution in [-0.4, -0.2) is 41.8 Å². The van der Waals surface area contributed by atoms with Gasteiger partial charge in [-0.1, -0.05) is 68.3 Å². The molecule has 0 saturated carbocycles. The number of unbranched alkanes of at least 4 members (excludes halogenated alkanes) is 1. The van der Waals surface area contributed by atoms with Crippen molar-refractivity contribution < 1.29 is 24.2 Å². The van der Waals surface area contributed by atoms with Crippen LogP contribution in [0.15, 0.2) is 48.5 Å². The summed E-state index contributed by atoms with van der Waals surface area (Å²) in [5.41, 5.74) is 4.52. The van der Waals surface area contributed by atoms with Crippen LogP contribution in [0.1, 0.15) is 56.1 Å². The zero-order valence-corrected chi connectivity index (χ0v) is 19.3. The predicted molar refractivity (Wildman–Crippen MR) is 129 cm³/mol. The Morgan fingerprint density at radius 1 is 1.06 bits per heavy atom. The number of fused-ring (bicyclic) bond motifs is 3. The van der Waals surface area contributed by atoms with Crippen molar-refractivity contribution in [2.75, 3.05) is 6.61 Å². The number of benzene rings is 2. The molecule has 0 fully saturated rings. The topological polar surface area (TPSA) is 105 Å². The van der Waals surface area contributed by atoms with E-state index in [4.69, 9.17) is 11.2 Å². The Hall–Kier alpha value is -3.79. The summed E-state index contributed by atoms with van der Waals surface area (Å²) in [7, 11) is 0. The second-order valence-corrected chi connectivity index (χ2v) is 8.38. The monoisotopic (exact) mass is 462 g/mol. The molecule has 1 aliphatic carbocycles. The summed E-state index contributed by atoms with van der Waals surface area (Å²) in [6, 6.07) is 14.5. The molecule has 7 heteroatoms. The average molecular weight is 463 g/mol. The number of amides is 2. The summed E-state index contributed by atoms with van der Waals surface area (Å²) in [5, 5.41) is 14.4. The van der Waals surface area contributed by atoms with Crippen molar-refractivity contribution in [3.05, 3.63) is 59.7 Å². The van der Waals surface area contributed by atoms with Crippen LogP contribution in [0.2, 0.25) is 0 Å². The van der Waals surface area contributed by atoms with Crippen molar-refractivity contribution in [2.24, 2.45) is 0 Å². The molecule has 2 amide bonds. The SMILES string of the molecule is C#CCC(NC(=O)C[C@@H](CCCC)NC(=O)OCC1c2ccccc2-c2ccccc21)C(=O)O. The van der Waals surface area contributed by atoms with E-state index in [0.29, 0.717) is 6.42 Å². The van der Waals surface area contributed by atoms with Gasteiger partial charge < -0.3 is 20.5 Å². The molecule has 0 aliphatic heterocycles. The number of carboxylic acids is 1. The van der Waals surface area contributed by atoms with E-state index < -0.39 is 30.1 Å². The van der Waals surface area contributed by atoms with Crippen LogP contribution in [-0.2, 0) is 14.3 Å². The fraction of sp³-hybridized carbons (Fsp3) is 0.370. The first-order chi connectivity index (χ1) is 16.4. The van der Waals surface area contributed by atoms with Crippen LogP contribution in [0.25, 0.3) is 11.1 Å². The number of ether oxygens (including phenoxy) is 1. The average Bonchev–Trinajstić information content (AvgIpc) is 3.14. The third-order valence-corrected chi connectivity index (χ3v) is 5.96. The Balaban J connectivity index is 1.60. The molecule has 0 heterocycles. The van der Waals surface area contributed by atoms with Gasteiger partial charge in [-0.2, -0.15) is 0 Å². The number of rotatable bonds is 11. The fourth-order valence-electron chi connectivity index (χ4n) is 4.28. The van der Waals surface area contributed by atoms with E-state index in [0.717, 1.165) is 35.1 Å². The lowest BCUT2D eigenvalue weighted by Crippen LogP contribution is -2.44. The summed E-state index contributed by atoms with van der Waals surface area (Å²) in [6.45, 7) is 2.19. The van der Waals surface area contributed by atoms with Crippen LogP contribution < -0.4 is 10.6 Å². The highest BCUT2D eigenvalue weighted by Gasteiger charge is 2.29. The highest BCUT2D eigenvalue weighted by atomic mass is 16.5. The summed E-state index contributed by atoms with van der Waals surface area (Å²) < 4.78 is 5.59. The van der Waals surface area contributed by atoms with Crippen molar-refractivity contribution in [3.63, 3.8) is 0 Å². The smallest absolute Gasteiger partial charge is 0.407 e. The van der Waals surface area contributed by atoms with Gasteiger partial charge in [0.2, 0.25) is 5.91 Å². The number of carbonyl (C=O) groups excluding carboxylic acids is 2. The molecule has 0 aromatic heterocycles. The summed E-state index contributed by atoms with van der Waals surface area (Å²) in [6.07, 6.45) is 6.67. The van der Waals surface area contributed by atoms with E-state index in [1.54, 1.807) is 0 Å². The number of carboxylic acid groups (broad SMARTS) is 1. The second-order valence-electron chi connectivity index (χ2n) is 8.38. The molecule has 7 nitrogen and oxygen atoms in total. The Labute approximate surface area is 199 Å². The first kappa shape index (κ1) is 24.8. The lowest BCUT2D eigenvalue weighted by molar-refractivity contribution is -0.141. The summed E-state index contributed by atoms with van der Waals surface area (Å²) >= 11 is 0. The molecule has 1 unspecified atom stereocenters. The van der Waals surface area contributed by atoms with Gasteiger partial charge in [-0.3, -0.25) is 4.79 Å². The van der Waals surface area contributed by atoms with E-state index in [9.17, 15) is 19.5 Å². The lowest BCUT2D eigenvalue weighted by atomic mass is 9.98. The zero-order valence-electron chi connectivity index (χ0n) is 19.3. The first-order valence-corrected chi connectivity index (χ1v) is 11.5. The van der Waals surface area contributed by atoms with Crippen molar-refractivity contribution >= 4 is 18.0 Å². The molecule has 0 spiro atoms. The molecule has 178 valence electrons. The van der Waals surface area contributed by atoms with Crippen LogP contribution in [0.3, 0.4) is 0 Å². The minimum atomic E-state index is -1.19. The first-order valence-electron chi connectivity index (χ1n) is 11.5. The van der Waals surface area contributed by atoms with Crippen molar-refractivity contribution in [1.82, 2.24) is 10.6 Å². The largest absolute Gasteiger partial charge is 0.480 e. The minimum Gasteiger partial charge on any atom is -0.480 e. The molecule has 3 N–H and O–H groups in total. The molecule has 2 aromatic rings. The lowest BCUT2D eigenvalue weighted by Gasteiger charge is -2.20. The maximum Gasteiger partial charge on any atom is 0.407 e. The molecule has 2 atom stereocenters. The maximum atomic E-state index is 12.6. The van der Waals surface area contributed by atoms with E-state index in [2.05, 4.69) is 28.7 Å². The Morgan fingerprint density at radius 3 is 2.24 bits per heavy atom. The molecular weight excluding hydrogens is 432 g/mol. The van der Waals surface area contributed by atoms with Gasteiger partial charge in [-0.25, -0.2) is 9.59 Å². The standard InChI is InChI=1S/C27H30N2O5/c1-3-5-11-18(16-25(30)29-24(10-4-2)26(31)32)28-27(33)34-17-23-21-14-8-6-12-19(21)20-13-7-9-15-22(20)23/h2,6-9,12-15,18,23-24H,3,5,10-11,16-17H2,1H3,(H,28,33)(H,29,30)(H,31,32)/t18-,24?/m1/s1. The third-order valence-electron chi connectivity index (χ3n) is 5.96. The zero-order chi connectivity index (χ0) is 24.5. The van der Waals surface area contributed by atoms with E-state index >= 15 is 0 Å². The Morgan fingerprint density at radius 2 is 1.68 bits per heavy atom. The summed E-state index contributed by atoms with van der Waals surface area (Å²) in [5.74, 6) is 0.510. The highest BCUT2D eigenvalue weighted by molar-refractivity contribution is 5.84. The Bertz CT molecular complexity index is 1030. The van der Waals surface area contributed by atoms with Gasteiger partial charge in [0.05, 0.1) is 0 Å². The quantitative estimate of drug-likeness (QED) is 0.437. The number of carbonyl (C=O) groups is 3. The number of nitrogens with one attached hydrogen (secondary N) is 2. The van der Waals surface area contributed by atoms with Crippen LogP contribution in [0.4, 0.5) is 4.79 Å². The minimum absolute atomic E-state index is 0.0570. The number of aliphatic carboxylic acids is 1. The fourth-order valence-corrected chi connectivity index (χ4v) is 4.28. The number of terminal acetylenes is 1. The van der Waals surface area contributed by atoms with Gasteiger partial charge in [0, 0.05) is 24.8 Å². The molecular formula is C27H30N2O5. The van der Waals surface area contributed by atoms with Crippen molar-refractivity contribution in [3.8, 4) is 23.5 Å².